The van der Waals surface area contributed by atoms with Crippen LogP contribution >= 0.6 is 0 Å². The van der Waals surface area contributed by atoms with Gasteiger partial charge in [0.1, 0.15) is 0 Å². The molecule has 0 amide bonds. The van der Waals surface area contributed by atoms with Gasteiger partial charge in [0.15, 0.2) is 9.84 Å². The number of hydrogen-bond donors (Lipinski definition) is 0. The second kappa shape index (κ2) is 2.14. The molecule has 1 aliphatic carbocycles. The lowest BCUT2D eigenvalue weighted by Crippen LogP contribution is -1.97. The van der Waals surface area contributed by atoms with E-state index in [-0.39, 0.29) is 0 Å². The molecule has 1 rings (SSSR count). The first-order chi connectivity index (χ1) is 4.11. The lowest BCUT2D eigenvalue weighted by atomic mass is 10.4. The quantitative estimate of drug-likeness (QED) is 0.555. The predicted octanol–water partition coefficient (Wildman–Crippen LogP) is 1.10. The van der Waals surface area contributed by atoms with Gasteiger partial charge >= 0.3 is 0 Å². The van der Waals surface area contributed by atoms with Gasteiger partial charge in [-0.25, -0.2) is 8.42 Å². The summed E-state index contributed by atoms with van der Waals surface area (Å²) >= 11 is 0. The average Bonchev–Trinajstić information content (AvgIpc) is 2.08. The molecule has 0 saturated carbocycles. The Hall–Kier alpha value is -0.310. The maximum Gasteiger partial charge on any atom is 0.171 e. The van der Waals surface area contributed by atoms with Crippen molar-refractivity contribution in [1.29, 1.82) is 0 Å². The number of allylic oxidation sites excluding steroid dienone is 2. The number of sulfone groups is 1. The topological polar surface area (TPSA) is 34.1 Å². The van der Waals surface area contributed by atoms with Crippen molar-refractivity contribution in [2.45, 2.75) is 19.3 Å². The van der Waals surface area contributed by atoms with E-state index in [1.165, 1.54) is 6.26 Å². The molecule has 0 atom stereocenters. The fourth-order valence-corrected chi connectivity index (χ4v) is 1.91. The van der Waals surface area contributed by atoms with Crippen LogP contribution in [-0.2, 0) is 9.84 Å². The Morgan fingerprint density at radius 1 is 1.56 bits per heavy atom. The van der Waals surface area contributed by atoms with Crippen LogP contribution in [0.25, 0.3) is 0 Å². The van der Waals surface area contributed by atoms with E-state index < -0.39 is 9.84 Å². The molecule has 0 saturated heterocycles. The summed E-state index contributed by atoms with van der Waals surface area (Å²) in [4.78, 5) is 0.627. The summed E-state index contributed by atoms with van der Waals surface area (Å²) in [5.41, 5.74) is 0. The molecule has 0 unspecified atom stereocenters. The van der Waals surface area contributed by atoms with Crippen molar-refractivity contribution < 1.29 is 8.42 Å². The van der Waals surface area contributed by atoms with Crippen molar-refractivity contribution in [2.24, 2.45) is 0 Å². The first-order valence-corrected chi connectivity index (χ1v) is 4.89. The standard InChI is InChI=1S/C6H10O2S/c1-9(7,8)6-4-2-3-5-6/h4H,2-3,5H2,1H3. The zero-order valence-corrected chi connectivity index (χ0v) is 6.24. The largest absolute Gasteiger partial charge is 0.224 e. The van der Waals surface area contributed by atoms with Gasteiger partial charge in [-0.2, -0.15) is 0 Å². The third kappa shape index (κ3) is 1.55. The molecule has 0 aliphatic heterocycles. The highest BCUT2D eigenvalue weighted by atomic mass is 32.2. The molecule has 0 radical (unpaired) electrons. The average molecular weight is 146 g/mol. The smallest absolute Gasteiger partial charge is 0.171 e. The van der Waals surface area contributed by atoms with Crippen LogP contribution < -0.4 is 0 Å². The molecule has 1 aliphatic rings. The molecule has 0 bridgehead atoms. The van der Waals surface area contributed by atoms with Gasteiger partial charge in [0.2, 0.25) is 0 Å². The number of rotatable bonds is 1. The second-order valence-corrected chi connectivity index (χ2v) is 4.40. The molecule has 0 fully saturated rings. The highest BCUT2D eigenvalue weighted by molar-refractivity contribution is 7.94. The van der Waals surface area contributed by atoms with Crippen molar-refractivity contribution in [3.8, 4) is 0 Å². The Bertz CT molecular complexity index is 223. The van der Waals surface area contributed by atoms with Gasteiger partial charge in [-0.15, -0.1) is 0 Å². The van der Waals surface area contributed by atoms with Crippen LogP contribution in [0, 0.1) is 0 Å². The second-order valence-electron chi connectivity index (χ2n) is 2.33. The molecule has 0 spiro atoms. The zero-order valence-electron chi connectivity index (χ0n) is 5.42. The SMILES string of the molecule is CS(=O)(=O)C1=CCCC1. The van der Waals surface area contributed by atoms with Crippen LogP contribution in [0.15, 0.2) is 11.0 Å². The van der Waals surface area contributed by atoms with E-state index in [0.29, 0.717) is 4.91 Å². The third-order valence-electron chi connectivity index (χ3n) is 1.48. The summed E-state index contributed by atoms with van der Waals surface area (Å²) in [5, 5.41) is 0. The Kier molecular flexibility index (Phi) is 1.62. The highest BCUT2D eigenvalue weighted by Crippen LogP contribution is 2.21. The summed E-state index contributed by atoms with van der Waals surface area (Å²) < 4.78 is 21.5. The molecule has 2 nitrogen and oxygen atoms in total. The van der Waals surface area contributed by atoms with Crippen molar-refractivity contribution >= 4 is 9.84 Å². The fourth-order valence-electron chi connectivity index (χ4n) is 0.978. The van der Waals surface area contributed by atoms with E-state index >= 15 is 0 Å². The monoisotopic (exact) mass is 146 g/mol. The van der Waals surface area contributed by atoms with Crippen molar-refractivity contribution in [2.75, 3.05) is 6.26 Å². The maximum absolute atomic E-state index is 10.8. The van der Waals surface area contributed by atoms with E-state index in [2.05, 4.69) is 0 Å². The molecule has 3 heteroatoms. The Morgan fingerprint density at radius 2 is 2.22 bits per heavy atom. The number of hydrogen-bond acceptors (Lipinski definition) is 2. The maximum atomic E-state index is 10.8. The van der Waals surface area contributed by atoms with Crippen LogP contribution in [-0.4, -0.2) is 14.7 Å². The Balaban J connectivity index is 2.87. The zero-order chi connectivity index (χ0) is 6.91. The van der Waals surface area contributed by atoms with Gasteiger partial charge in [0.25, 0.3) is 0 Å². The molecular formula is C6H10O2S. The van der Waals surface area contributed by atoms with Crippen molar-refractivity contribution in [3.05, 3.63) is 11.0 Å². The minimum Gasteiger partial charge on any atom is -0.224 e. The normalized spacial score (nSPS) is 19.9. The first kappa shape index (κ1) is 6.81. The van der Waals surface area contributed by atoms with E-state index in [9.17, 15) is 8.42 Å². The van der Waals surface area contributed by atoms with Gasteiger partial charge in [-0.05, 0) is 19.3 Å². The molecule has 0 aromatic rings. The van der Waals surface area contributed by atoms with Crippen LogP contribution in [0.1, 0.15) is 19.3 Å². The summed E-state index contributed by atoms with van der Waals surface area (Å²) in [6.45, 7) is 0. The van der Waals surface area contributed by atoms with Crippen molar-refractivity contribution in [3.63, 3.8) is 0 Å². The van der Waals surface area contributed by atoms with Crippen LogP contribution in [0.5, 0.6) is 0 Å². The summed E-state index contributed by atoms with van der Waals surface area (Å²) in [6, 6.07) is 0. The predicted molar refractivity (Wildman–Crippen MR) is 36.8 cm³/mol. The molecule has 52 valence electrons. The minimum atomic E-state index is -2.84. The van der Waals surface area contributed by atoms with Gasteiger partial charge in [0, 0.05) is 11.2 Å². The third-order valence-corrected chi connectivity index (χ3v) is 2.80. The lowest BCUT2D eigenvalue weighted by molar-refractivity contribution is 0.606. The molecule has 0 heterocycles. The molecule has 0 aromatic heterocycles. The molecule has 0 aromatic carbocycles. The Labute approximate surface area is 55.5 Å². The van der Waals surface area contributed by atoms with Gasteiger partial charge in [-0.3, -0.25) is 0 Å². The Morgan fingerprint density at radius 3 is 2.44 bits per heavy atom. The fraction of sp³-hybridized carbons (Fsp3) is 0.667. The summed E-state index contributed by atoms with van der Waals surface area (Å²) in [7, 11) is -2.84. The van der Waals surface area contributed by atoms with Gasteiger partial charge < -0.3 is 0 Å². The van der Waals surface area contributed by atoms with E-state index in [1.54, 1.807) is 0 Å². The van der Waals surface area contributed by atoms with E-state index in [0.717, 1.165) is 19.3 Å². The van der Waals surface area contributed by atoms with Crippen LogP contribution in [0.2, 0.25) is 0 Å². The van der Waals surface area contributed by atoms with Crippen LogP contribution in [0.3, 0.4) is 0 Å². The van der Waals surface area contributed by atoms with E-state index in [4.69, 9.17) is 0 Å². The lowest BCUT2D eigenvalue weighted by Gasteiger charge is -1.93. The highest BCUT2D eigenvalue weighted by Gasteiger charge is 2.13. The van der Waals surface area contributed by atoms with Gasteiger partial charge in [-0.1, -0.05) is 6.08 Å². The molecule has 9 heavy (non-hydrogen) atoms. The summed E-state index contributed by atoms with van der Waals surface area (Å²) in [5.74, 6) is 0. The van der Waals surface area contributed by atoms with Gasteiger partial charge in [0.05, 0.1) is 0 Å². The summed E-state index contributed by atoms with van der Waals surface area (Å²) in [6.07, 6.45) is 5.77. The van der Waals surface area contributed by atoms with E-state index in [1.807, 2.05) is 6.08 Å². The first-order valence-electron chi connectivity index (χ1n) is 3.00. The molecule has 0 N–H and O–H groups in total. The van der Waals surface area contributed by atoms with Crippen molar-refractivity contribution in [1.82, 2.24) is 0 Å². The van der Waals surface area contributed by atoms with Crippen LogP contribution in [0.4, 0.5) is 0 Å². The molecular weight excluding hydrogens is 136 g/mol. The minimum absolute atomic E-state index is 0.627.